The monoisotopic (exact) mass is 1230 g/mol. The highest BCUT2D eigenvalue weighted by Crippen LogP contribution is 2.38. The number of benzene rings is 8. The van der Waals surface area contributed by atoms with Gasteiger partial charge < -0.3 is 45.7 Å². The Bertz CT molecular complexity index is 4390. The van der Waals surface area contributed by atoms with E-state index in [0.717, 1.165) is 80.7 Å². The predicted molar refractivity (Wildman–Crippen MR) is 313 cm³/mol. The van der Waals surface area contributed by atoms with Crippen LogP contribution in [0, 0.1) is 55.1 Å². The minimum Gasteiger partial charge on any atom is -0.508 e. The average Bonchev–Trinajstić information content (AvgIpc) is 3.81. The van der Waals surface area contributed by atoms with E-state index in [1.165, 1.54) is 48.7 Å². The third-order valence-electron chi connectivity index (χ3n) is 13.3. The van der Waals surface area contributed by atoms with Crippen LogP contribution in [0.4, 0.5) is 66.2 Å². The molecule has 1 aromatic heterocycles. The molecule has 6 N–H and O–H groups in total. The summed E-state index contributed by atoms with van der Waals surface area (Å²) in [6.45, 7) is -0.111. The fourth-order valence-electron chi connectivity index (χ4n) is 9.11. The number of para-hydroxylation sites is 4. The van der Waals surface area contributed by atoms with Crippen molar-refractivity contribution in [1.29, 1.82) is 0 Å². The molecule has 0 spiro atoms. The number of hydrogen-bond donors (Lipinski definition) is 6. The van der Waals surface area contributed by atoms with Crippen LogP contribution in [0.2, 0.25) is 0 Å². The largest absolute Gasteiger partial charge is 0.508 e. The molecule has 456 valence electrons. The number of aromatic nitrogens is 1. The average molecular weight is 1240 g/mol. The number of anilines is 5. The van der Waals surface area contributed by atoms with Crippen molar-refractivity contribution >= 4 is 69.3 Å². The fraction of sp³-hybridized carbons (Fsp3) is 0.0794. The third-order valence-corrected chi connectivity index (χ3v) is 13.3. The van der Waals surface area contributed by atoms with Crippen LogP contribution in [-0.4, -0.2) is 49.1 Å². The van der Waals surface area contributed by atoms with Crippen LogP contribution >= 0.6 is 0 Å². The van der Waals surface area contributed by atoms with E-state index in [4.69, 9.17) is 14.6 Å². The summed E-state index contributed by atoms with van der Waals surface area (Å²) >= 11 is 0. The summed E-state index contributed by atoms with van der Waals surface area (Å²) in [4.78, 5) is 89.3. The minimum atomic E-state index is -1.16. The Balaban J connectivity index is 0.000000150. The maximum atomic E-state index is 14.7. The molecule has 0 saturated carbocycles. The zero-order valence-electron chi connectivity index (χ0n) is 46.2. The number of nitrogens with one attached hydrogen (secondary N) is 5. The molecular weight excluding hydrogens is 1190 g/mol. The molecule has 4 aliphatic heterocycles. The number of nitro groups is 2. The fourth-order valence-corrected chi connectivity index (χ4v) is 9.11. The number of nitro benzene ring substituents is 2. The Hall–Kier alpha value is -12.2. The number of aromatic hydroxyl groups is 1. The van der Waals surface area contributed by atoms with Crippen molar-refractivity contribution in [1.82, 2.24) is 4.57 Å². The highest BCUT2D eigenvalue weighted by atomic mass is 19.2. The second kappa shape index (κ2) is 27.5. The van der Waals surface area contributed by atoms with E-state index in [9.17, 15) is 75.3 Å². The van der Waals surface area contributed by atoms with Crippen LogP contribution in [0.3, 0.4) is 0 Å². The Morgan fingerprint density at radius 2 is 0.967 bits per heavy atom. The SMILES string of the molecule is O=C1Cc2ccc(O)cc2N1.O=C1Cc2ccc(Oc3cccc(F)c3NC(=O)c3cccn(Cc4ccc(F)c(F)c4)c3=O)cc2N1.O=C1Cc2ccc(Oc3cccc(F)c3[N+](=O)[O-])cc2N1.O=C1Cc2ccccc2N1.O=[N+]([O-])c1c(F)cccc1F. The van der Waals surface area contributed by atoms with Crippen molar-refractivity contribution in [2.75, 3.05) is 26.6 Å². The molecule has 0 aliphatic carbocycles. The number of carbonyl (C=O) groups is 5. The molecule has 27 heteroatoms. The van der Waals surface area contributed by atoms with Crippen molar-refractivity contribution in [3.63, 3.8) is 0 Å². The number of ether oxygens (including phenoxy) is 2. The van der Waals surface area contributed by atoms with Crippen LogP contribution in [0.5, 0.6) is 28.7 Å². The number of amides is 5. The van der Waals surface area contributed by atoms with Crippen LogP contribution in [0.1, 0.15) is 38.2 Å². The standard InChI is InChI=1S/C27H18F3N3O4.C14H9FN2O4.C8H7NO2.C8H7NO.C6H3F2NO2/c28-19-9-6-15(11-21(19)30)14-33-10-2-3-18(27(33)36)26(35)32-25-20(29)4-1-5-23(25)37-17-8-7-16-12-24(34)31-22(16)13-17;15-10-2-1-3-12(14(10)17(19)20)21-9-5-4-8-6-13(18)16-11(8)7-9;10-6-2-1-5-3-8(11)9-7(5)4-6;10-8-5-6-3-1-2-4-7(6)9-8;7-4-2-1-3-5(8)6(4)9(10)11/h1-11,13H,12,14H2,(H,31,34)(H,32,35);1-5,7H,6H2,(H,16,18);1-2,4,10H,3H2,(H,9,11);1-4H,5H2,(H,9,10);1-3H. The summed E-state index contributed by atoms with van der Waals surface area (Å²) in [6.07, 6.45) is 2.90. The van der Waals surface area contributed by atoms with Gasteiger partial charge in [0.1, 0.15) is 28.5 Å². The molecule has 13 rings (SSSR count). The second-order valence-corrected chi connectivity index (χ2v) is 19.6. The highest BCUT2D eigenvalue weighted by Gasteiger charge is 2.26. The van der Waals surface area contributed by atoms with E-state index < -0.39 is 67.6 Å². The van der Waals surface area contributed by atoms with Gasteiger partial charge in [0.15, 0.2) is 23.2 Å². The second-order valence-electron chi connectivity index (χ2n) is 19.6. The number of phenols is 1. The van der Waals surface area contributed by atoms with Crippen molar-refractivity contribution in [3.8, 4) is 28.7 Å². The molecule has 90 heavy (non-hydrogen) atoms. The molecular formula is C63H44F6N8O13. The maximum Gasteiger partial charge on any atom is 0.346 e. The maximum absolute atomic E-state index is 14.7. The van der Waals surface area contributed by atoms with Crippen LogP contribution in [-0.2, 0) is 51.4 Å². The minimum absolute atomic E-state index is 0.00870. The number of phenolic OH excluding ortho intramolecular Hbond substituents is 1. The van der Waals surface area contributed by atoms with Gasteiger partial charge in [0.2, 0.25) is 46.8 Å². The molecule has 0 fully saturated rings. The summed E-state index contributed by atoms with van der Waals surface area (Å²) in [7, 11) is 0. The van der Waals surface area contributed by atoms with Crippen molar-refractivity contribution in [2.24, 2.45) is 0 Å². The summed E-state index contributed by atoms with van der Waals surface area (Å²) in [5.41, 5.74) is 3.75. The van der Waals surface area contributed by atoms with Gasteiger partial charge in [0.05, 0.1) is 42.1 Å². The lowest BCUT2D eigenvalue weighted by atomic mass is 10.1. The summed E-state index contributed by atoms with van der Waals surface area (Å²) in [5.74, 6) is -6.66. The lowest BCUT2D eigenvalue weighted by Gasteiger charge is -2.14. The van der Waals surface area contributed by atoms with Crippen molar-refractivity contribution < 1.29 is 74.7 Å². The number of nitrogens with zero attached hydrogens (tertiary/aromatic N) is 3. The number of rotatable bonds is 10. The highest BCUT2D eigenvalue weighted by molar-refractivity contribution is 6.05. The third kappa shape index (κ3) is 15.3. The molecule has 0 bridgehead atoms. The number of carbonyl (C=O) groups excluding carboxylic acids is 5. The first-order valence-electron chi connectivity index (χ1n) is 26.5. The Labute approximate surface area is 503 Å². The molecule has 5 heterocycles. The van der Waals surface area contributed by atoms with E-state index >= 15 is 0 Å². The molecule has 0 unspecified atom stereocenters. The Morgan fingerprint density at radius 1 is 0.489 bits per heavy atom. The van der Waals surface area contributed by atoms with Gasteiger partial charge in [-0.3, -0.25) is 49.0 Å². The molecule has 9 aromatic rings. The molecule has 0 saturated heterocycles. The van der Waals surface area contributed by atoms with Gasteiger partial charge in [-0.05, 0) is 113 Å². The summed E-state index contributed by atoms with van der Waals surface area (Å²) in [6, 6.07) is 38.6. The van der Waals surface area contributed by atoms with E-state index in [1.807, 2.05) is 24.3 Å². The predicted octanol–water partition coefficient (Wildman–Crippen LogP) is 11.8. The van der Waals surface area contributed by atoms with Gasteiger partial charge in [0.25, 0.3) is 11.5 Å². The normalized spacial score (nSPS) is 12.5. The Morgan fingerprint density at radius 3 is 1.51 bits per heavy atom. The topological polar surface area (TPSA) is 292 Å². The van der Waals surface area contributed by atoms with Gasteiger partial charge in [-0.15, -0.1) is 0 Å². The van der Waals surface area contributed by atoms with Gasteiger partial charge in [-0.2, -0.15) is 13.2 Å². The number of pyridine rings is 1. The molecule has 5 amide bonds. The number of halogens is 6. The van der Waals surface area contributed by atoms with E-state index in [2.05, 4.69) is 26.6 Å². The van der Waals surface area contributed by atoms with E-state index in [0.29, 0.717) is 35.5 Å². The van der Waals surface area contributed by atoms with E-state index in [1.54, 1.807) is 54.6 Å². The smallest absolute Gasteiger partial charge is 0.346 e. The number of fused-ring (bicyclic) bond motifs is 4. The summed E-state index contributed by atoms with van der Waals surface area (Å²) < 4.78 is 92.2. The Kier molecular flexibility index (Phi) is 19.0. The van der Waals surface area contributed by atoms with Gasteiger partial charge in [0, 0.05) is 47.1 Å². The van der Waals surface area contributed by atoms with Crippen LogP contribution in [0.15, 0.2) is 175 Å². The van der Waals surface area contributed by atoms with Crippen LogP contribution in [0.25, 0.3) is 0 Å². The lowest BCUT2D eigenvalue weighted by Crippen LogP contribution is -2.29. The van der Waals surface area contributed by atoms with Gasteiger partial charge in [-0.25, -0.2) is 13.2 Å². The van der Waals surface area contributed by atoms with E-state index in [-0.39, 0.29) is 77.3 Å². The van der Waals surface area contributed by atoms with Gasteiger partial charge in [-0.1, -0.05) is 60.7 Å². The van der Waals surface area contributed by atoms with Crippen molar-refractivity contribution in [2.45, 2.75) is 32.2 Å². The first kappa shape index (κ1) is 62.4. The molecule has 8 aromatic carbocycles. The molecule has 4 aliphatic rings. The quantitative estimate of drug-likeness (QED) is 0.0422. The molecule has 0 radical (unpaired) electrons. The number of hydrogen-bond acceptors (Lipinski definition) is 13. The summed E-state index contributed by atoms with van der Waals surface area (Å²) in [5, 5.41) is 43.0. The molecule has 0 atom stereocenters. The lowest BCUT2D eigenvalue weighted by molar-refractivity contribution is -0.390. The van der Waals surface area contributed by atoms with Crippen molar-refractivity contribution in [3.05, 3.63) is 269 Å². The first-order valence-corrected chi connectivity index (χ1v) is 26.5. The zero-order valence-corrected chi connectivity index (χ0v) is 46.2. The first-order chi connectivity index (χ1) is 43.1. The molecule has 21 nitrogen and oxygen atoms in total. The zero-order chi connectivity index (χ0) is 64.3. The van der Waals surface area contributed by atoms with Gasteiger partial charge >= 0.3 is 11.4 Å². The van der Waals surface area contributed by atoms with Crippen LogP contribution < -0.4 is 41.6 Å².